The largest absolute Gasteiger partial charge is 0.325 e. The number of carbonyl (C=O) groups is 1. The van der Waals surface area contributed by atoms with E-state index in [9.17, 15) is 13.2 Å². The Hall–Kier alpha value is -3.14. The van der Waals surface area contributed by atoms with Gasteiger partial charge in [0.2, 0.25) is 15.9 Å². The van der Waals surface area contributed by atoms with Crippen molar-refractivity contribution in [1.29, 1.82) is 0 Å². The van der Waals surface area contributed by atoms with E-state index in [2.05, 4.69) is 17.2 Å². The van der Waals surface area contributed by atoms with Crippen LogP contribution in [0.5, 0.6) is 0 Å². The highest BCUT2D eigenvalue weighted by Gasteiger charge is 2.21. The summed E-state index contributed by atoms with van der Waals surface area (Å²) in [7, 11) is -3.83. The van der Waals surface area contributed by atoms with Crippen LogP contribution in [-0.4, -0.2) is 29.1 Å². The molecule has 1 amide bonds. The van der Waals surface area contributed by atoms with E-state index in [0.717, 1.165) is 41.7 Å². The van der Waals surface area contributed by atoms with Crippen molar-refractivity contribution in [2.24, 2.45) is 5.14 Å². The molecule has 0 saturated carbocycles. The monoisotopic (exact) mass is 508 g/mol. The van der Waals surface area contributed by atoms with E-state index in [0.29, 0.717) is 10.7 Å². The van der Waals surface area contributed by atoms with E-state index in [4.69, 9.17) is 5.14 Å². The Bertz CT molecular complexity index is 1450. The maximum atomic E-state index is 13.2. The predicted molar refractivity (Wildman–Crippen MR) is 142 cm³/mol. The molecule has 0 aliphatic heterocycles. The minimum atomic E-state index is -3.83. The molecule has 182 valence electrons. The SMILES string of the molecule is CCCCn1c(S[C@H](C)C(=O)Nc2ccccc2-c2ccccc2)nc2cc(S(N)(=O)=O)ccc21. The van der Waals surface area contributed by atoms with Gasteiger partial charge in [-0.2, -0.15) is 0 Å². The fourth-order valence-corrected chi connectivity index (χ4v) is 5.28. The first-order chi connectivity index (χ1) is 16.8. The van der Waals surface area contributed by atoms with E-state index in [1.54, 1.807) is 6.07 Å². The molecule has 9 heteroatoms. The van der Waals surface area contributed by atoms with E-state index in [1.165, 1.54) is 23.9 Å². The standard InChI is InChI=1S/C26H28N4O3S2/c1-3-4-16-30-24-15-14-20(35(27,32)33)17-23(24)29-26(30)34-18(2)25(31)28-22-13-9-8-12-21(22)19-10-6-5-7-11-19/h5-15,17-18H,3-4,16H2,1-2H3,(H,28,31)(H2,27,32,33)/t18-/m1/s1. The van der Waals surface area contributed by atoms with E-state index in [-0.39, 0.29) is 10.8 Å². The number of benzene rings is 3. The van der Waals surface area contributed by atoms with Crippen molar-refractivity contribution in [3.05, 3.63) is 72.8 Å². The van der Waals surface area contributed by atoms with Gasteiger partial charge >= 0.3 is 0 Å². The number of rotatable bonds is 9. The number of sulfonamides is 1. The Morgan fingerprint density at radius 2 is 1.80 bits per heavy atom. The summed E-state index contributed by atoms with van der Waals surface area (Å²) in [6, 6.07) is 22.3. The smallest absolute Gasteiger partial charge is 0.238 e. The number of nitrogens with two attached hydrogens (primary N) is 1. The van der Waals surface area contributed by atoms with Crippen molar-refractivity contribution in [3.63, 3.8) is 0 Å². The number of primary sulfonamides is 1. The number of anilines is 1. The zero-order valence-electron chi connectivity index (χ0n) is 19.6. The third-order valence-corrected chi connectivity index (χ3v) is 7.67. The molecule has 3 aromatic carbocycles. The van der Waals surface area contributed by atoms with Crippen molar-refractivity contribution in [2.45, 2.75) is 48.5 Å². The number of hydrogen-bond donors (Lipinski definition) is 2. The lowest BCUT2D eigenvalue weighted by atomic mass is 10.0. The summed E-state index contributed by atoms with van der Waals surface area (Å²) >= 11 is 1.35. The number of aromatic nitrogens is 2. The molecular weight excluding hydrogens is 480 g/mol. The molecule has 0 aliphatic carbocycles. The summed E-state index contributed by atoms with van der Waals surface area (Å²) in [5.74, 6) is -0.141. The third-order valence-electron chi connectivity index (χ3n) is 5.67. The number of hydrogen-bond acceptors (Lipinski definition) is 5. The molecule has 3 N–H and O–H groups in total. The number of nitrogens with one attached hydrogen (secondary N) is 1. The average Bonchev–Trinajstić information content (AvgIpc) is 3.19. The van der Waals surface area contributed by atoms with Gasteiger partial charge in [0.15, 0.2) is 5.16 Å². The number of para-hydroxylation sites is 1. The van der Waals surface area contributed by atoms with Crippen molar-refractivity contribution in [2.75, 3.05) is 5.32 Å². The molecule has 1 heterocycles. The Morgan fingerprint density at radius 3 is 2.51 bits per heavy atom. The minimum Gasteiger partial charge on any atom is -0.325 e. The van der Waals surface area contributed by atoms with Gasteiger partial charge in [0, 0.05) is 17.8 Å². The number of unbranched alkanes of at least 4 members (excludes halogenated alkanes) is 1. The lowest BCUT2D eigenvalue weighted by Gasteiger charge is -2.15. The van der Waals surface area contributed by atoms with Crippen LogP contribution in [0.15, 0.2) is 82.8 Å². The molecule has 0 unspecified atom stereocenters. The number of carbonyl (C=O) groups excluding carboxylic acids is 1. The molecule has 0 aliphatic rings. The van der Waals surface area contributed by atoms with Gasteiger partial charge in [0.05, 0.1) is 21.2 Å². The van der Waals surface area contributed by atoms with Gasteiger partial charge < -0.3 is 9.88 Å². The molecule has 0 fully saturated rings. The van der Waals surface area contributed by atoms with Crippen LogP contribution >= 0.6 is 11.8 Å². The number of nitrogens with zero attached hydrogens (tertiary/aromatic N) is 2. The normalized spacial score (nSPS) is 12.5. The van der Waals surface area contributed by atoms with Crippen LogP contribution in [0.25, 0.3) is 22.2 Å². The maximum absolute atomic E-state index is 13.2. The lowest BCUT2D eigenvalue weighted by molar-refractivity contribution is -0.115. The summed E-state index contributed by atoms with van der Waals surface area (Å²) in [5, 5.41) is 8.59. The summed E-state index contributed by atoms with van der Waals surface area (Å²) in [5.41, 5.74) is 4.07. The quantitative estimate of drug-likeness (QED) is 0.300. The summed E-state index contributed by atoms with van der Waals surface area (Å²) < 4.78 is 25.6. The highest BCUT2D eigenvalue weighted by molar-refractivity contribution is 8.00. The van der Waals surface area contributed by atoms with Crippen LogP contribution < -0.4 is 10.5 Å². The van der Waals surface area contributed by atoms with Gasteiger partial charge in [0.1, 0.15) is 0 Å². The topological polar surface area (TPSA) is 107 Å². The van der Waals surface area contributed by atoms with Crippen LogP contribution in [0.1, 0.15) is 26.7 Å². The lowest BCUT2D eigenvalue weighted by Crippen LogP contribution is -2.23. The van der Waals surface area contributed by atoms with Crippen LogP contribution in [0.4, 0.5) is 5.69 Å². The van der Waals surface area contributed by atoms with E-state index in [1.807, 2.05) is 66.1 Å². The second-order valence-corrected chi connectivity index (χ2v) is 11.1. The highest BCUT2D eigenvalue weighted by atomic mass is 32.2. The summed E-state index contributed by atoms with van der Waals surface area (Å²) in [6.45, 7) is 4.66. The second kappa shape index (κ2) is 10.6. The average molecular weight is 509 g/mol. The number of fused-ring (bicyclic) bond motifs is 1. The van der Waals surface area contributed by atoms with Gasteiger partial charge in [-0.15, -0.1) is 0 Å². The maximum Gasteiger partial charge on any atom is 0.238 e. The fraction of sp³-hybridized carbons (Fsp3) is 0.231. The van der Waals surface area contributed by atoms with Crippen molar-refractivity contribution >= 4 is 44.4 Å². The van der Waals surface area contributed by atoms with Crippen molar-refractivity contribution in [3.8, 4) is 11.1 Å². The predicted octanol–water partition coefficient (Wildman–Crippen LogP) is 5.27. The fourth-order valence-electron chi connectivity index (χ4n) is 3.79. The molecule has 0 radical (unpaired) electrons. The van der Waals surface area contributed by atoms with Crippen LogP contribution in [0.3, 0.4) is 0 Å². The number of amides is 1. The van der Waals surface area contributed by atoms with Gasteiger partial charge in [-0.25, -0.2) is 18.5 Å². The molecular formula is C26H28N4O3S2. The Balaban J connectivity index is 1.60. The highest BCUT2D eigenvalue weighted by Crippen LogP contribution is 2.31. The van der Waals surface area contributed by atoms with Crippen molar-refractivity contribution < 1.29 is 13.2 Å². The first-order valence-corrected chi connectivity index (χ1v) is 13.9. The van der Waals surface area contributed by atoms with Crippen molar-refractivity contribution in [1.82, 2.24) is 9.55 Å². The summed E-state index contributed by atoms with van der Waals surface area (Å²) in [6.07, 6.45) is 1.92. The Morgan fingerprint density at radius 1 is 1.09 bits per heavy atom. The molecule has 35 heavy (non-hydrogen) atoms. The first-order valence-electron chi connectivity index (χ1n) is 11.4. The third kappa shape index (κ3) is 5.75. The zero-order valence-corrected chi connectivity index (χ0v) is 21.3. The molecule has 4 aromatic rings. The molecule has 4 rings (SSSR count). The molecule has 1 atom stereocenters. The molecule has 0 saturated heterocycles. The van der Waals surface area contributed by atoms with Gasteiger partial charge in [-0.05, 0) is 43.2 Å². The van der Waals surface area contributed by atoms with Crippen LogP contribution in [0.2, 0.25) is 0 Å². The minimum absolute atomic E-state index is 0.0185. The second-order valence-electron chi connectivity index (χ2n) is 8.26. The zero-order chi connectivity index (χ0) is 25.0. The first kappa shape index (κ1) is 25.0. The number of thioether (sulfide) groups is 1. The van der Waals surface area contributed by atoms with Gasteiger partial charge in [0.25, 0.3) is 0 Å². The van der Waals surface area contributed by atoms with E-state index < -0.39 is 15.3 Å². The Labute approximate surface area is 209 Å². The van der Waals surface area contributed by atoms with Gasteiger partial charge in [-0.3, -0.25) is 4.79 Å². The number of imidazole rings is 1. The molecule has 0 spiro atoms. The number of aryl methyl sites for hydroxylation is 1. The molecule has 0 bridgehead atoms. The van der Waals surface area contributed by atoms with Gasteiger partial charge in [-0.1, -0.05) is 73.6 Å². The van der Waals surface area contributed by atoms with Crippen LogP contribution in [-0.2, 0) is 21.4 Å². The molecule has 7 nitrogen and oxygen atoms in total. The summed E-state index contributed by atoms with van der Waals surface area (Å²) in [4.78, 5) is 17.8. The Kier molecular flexibility index (Phi) is 7.59. The molecule has 1 aromatic heterocycles. The van der Waals surface area contributed by atoms with E-state index >= 15 is 0 Å². The van der Waals surface area contributed by atoms with Crippen LogP contribution in [0, 0.1) is 0 Å².